The summed E-state index contributed by atoms with van der Waals surface area (Å²) in [6.45, 7) is 10.7. The minimum Gasteiger partial charge on any atom is -0.457 e. The van der Waals surface area contributed by atoms with Crippen molar-refractivity contribution in [1.82, 2.24) is 9.88 Å². The quantitative estimate of drug-likeness (QED) is 0.265. The van der Waals surface area contributed by atoms with E-state index in [9.17, 15) is 4.79 Å². The summed E-state index contributed by atoms with van der Waals surface area (Å²) in [4.78, 5) is 12.8. The second-order valence-corrected chi connectivity index (χ2v) is 15.4. The van der Waals surface area contributed by atoms with Gasteiger partial charge in [0.25, 0.3) is 5.91 Å². The lowest BCUT2D eigenvalue weighted by Crippen LogP contribution is -2.31. The summed E-state index contributed by atoms with van der Waals surface area (Å²) in [6, 6.07) is 16.4. The molecule has 0 saturated heterocycles. The zero-order chi connectivity index (χ0) is 23.6. The number of carbonyl (C=O) groups is 1. The fourth-order valence-corrected chi connectivity index (χ4v) is 4.93. The molecule has 0 radical (unpaired) electrons. The van der Waals surface area contributed by atoms with E-state index in [1.807, 2.05) is 55.5 Å². The maximum Gasteiger partial charge on any atom is 0.253 e. The zero-order valence-electron chi connectivity index (χ0n) is 19.9. The maximum atomic E-state index is 12.8. The summed E-state index contributed by atoms with van der Waals surface area (Å²) in [5, 5.41) is 2.98. The molecule has 1 aromatic heterocycles. The van der Waals surface area contributed by atoms with Crippen molar-refractivity contribution in [2.24, 2.45) is 0 Å². The first kappa shape index (κ1) is 23.1. The van der Waals surface area contributed by atoms with E-state index in [2.05, 4.69) is 29.5 Å². The average molecular weight is 464 g/mol. The van der Waals surface area contributed by atoms with Crippen molar-refractivity contribution >= 4 is 19.7 Å². The number of para-hydroxylation sites is 1. The van der Waals surface area contributed by atoms with Crippen LogP contribution in [0.3, 0.4) is 0 Å². The number of nitrogens with zero attached hydrogens (tertiary/aromatic N) is 1. The Kier molecular flexibility index (Phi) is 6.62. The fraction of sp³-hybridized carbons (Fsp3) is 0.346. The number of carbonyl (C=O) groups excluding carboxylic acids is 1. The number of aromatic nitrogens is 1. The molecule has 0 spiro atoms. The Morgan fingerprint density at radius 2 is 1.88 bits per heavy atom. The first-order valence-electron chi connectivity index (χ1n) is 11.5. The van der Waals surface area contributed by atoms with Crippen LogP contribution in [-0.2, 0) is 17.9 Å². The highest BCUT2D eigenvalue weighted by Crippen LogP contribution is 2.41. The lowest BCUT2D eigenvalue weighted by molar-refractivity contribution is 0.0867. The highest BCUT2D eigenvalue weighted by molar-refractivity contribution is 6.76. The molecule has 1 amide bonds. The number of nitrogens with two attached hydrogens (primary N) is 1. The van der Waals surface area contributed by atoms with Crippen molar-refractivity contribution in [3.8, 4) is 22.8 Å². The SMILES string of the molecule is Cc1c2c(c(-c3cc(N)ccc3Oc3ccccc3)n1COCC[Si](C)(C)C)CCNC2=O. The van der Waals surface area contributed by atoms with Crippen molar-refractivity contribution in [2.75, 3.05) is 18.9 Å². The number of rotatable bonds is 8. The van der Waals surface area contributed by atoms with E-state index in [-0.39, 0.29) is 5.91 Å². The third-order valence-corrected chi connectivity index (χ3v) is 7.66. The van der Waals surface area contributed by atoms with E-state index in [0.29, 0.717) is 31.3 Å². The Morgan fingerprint density at radius 1 is 1.12 bits per heavy atom. The van der Waals surface area contributed by atoms with Crippen LogP contribution in [0.15, 0.2) is 48.5 Å². The van der Waals surface area contributed by atoms with Gasteiger partial charge in [-0.2, -0.15) is 0 Å². The van der Waals surface area contributed by atoms with Crippen LogP contribution in [0, 0.1) is 6.92 Å². The van der Waals surface area contributed by atoms with E-state index in [1.165, 1.54) is 0 Å². The second kappa shape index (κ2) is 9.45. The lowest BCUT2D eigenvalue weighted by atomic mass is 9.97. The number of nitrogen functional groups attached to an aromatic ring is 1. The average Bonchev–Trinajstić information content (AvgIpc) is 3.05. The number of hydrogen-bond acceptors (Lipinski definition) is 4. The van der Waals surface area contributed by atoms with Gasteiger partial charge in [0.15, 0.2) is 0 Å². The monoisotopic (exact) mass is 463 g/mol. The molecule has 174 valence electrons. The number of amides is 1. The molecule has 0 atom stereocenters. The van der Waals surface area contributed by atoms with Crippen LogP contribution >= 0.6 is 0 Å². The van der Waals surface area contributed by atoms with Crippen molar-refractivity contribution in [3.05, 3.63) is 65.4 Å². The van der Waals surface area contributed by atoms with Gasteiger partial charge in [0.05, 0.1) is 11.3 Å². The Balaban J connectivity index is 1.79. The third kappa shape index (κ3) is 5.15. The van der Waals surface area contributed by atoms with Gasteiger partial charge in [0, 0.05) is 38.2 Å². The third-order valence-electron chi connectivity index (χ3n) is 5.96. The molecule has 6 nitrogen and oxygen atoms in total. The molecular weight excluding hydrogens is 430 g/mol. The molecule has 1 aliphatic rings. The topological polar surface area (TPSA) is 78.5 Å². The molecule has 1 aliphatic heterocycles. The maximum absolute atomic E-state index is 12.8. The highest BCUT2D eigenvalue weighted by Gasteiger charge is 2.30. The molecule has 3 aromatic rings. The standard InChI is InChI=1S/C26H33N3O3Si/c1-18-24-21(12-13-28-26(24)30)25(29(18)17-31-14-15-33(2,3)4)22-16-19(27)10-11-23(22)32-20-8-6-5-7-9-20/h5-11,16H,12-15,17,27H2,1-4H3,(H,28,30). The van der Waals surface area contributed by atoms with E-state index in [1.54, 1.807) is 0 Å². The normalized spacial score (nSPS) is 13.5. The first-order valence-corrected chi connectivity index (χ1v) is 15.2. The van der Waals surface area contributed by atoms with E-state index in [0.717, 1.165) is 46.3 Å². The Bertz CT molecular complexity index is 1150. The molecule has 2 aromatic carbocycles. The van der Waals surface area contributed by atoms with E-state index in [4.69, 9.17) is 15.2 Å². The van der Waals surface area contributed by atoms with Gasteiger partial charge in [-0.1, -0.05) is 37.8 Å². The van der Waals surface area contributed by atoms with Gasteiger partial charge < -0.3 is 25.1 Å². The van der Waals surface area contributed by atoms with Crippen molar-refractivity contribution in [1.29, 1.82) is 0 Å². The van der Waals surface area contributed by atoms with Crippen molar-refractivity contribution < 1.29 is 14.3 Å². The second-order valence-electron chi connectivity index (χ2n) is 9.74. The van der Waals surface area contributed by atoms with E-state index >= 15 is 0 Å². The van der Waals surface area contributed by atoms with Gasteiger partial charge in [-0.25, -0.2) is 0 Å². The van der Waals surface area contributed by atoms with Gasteiger partial charge >= 0.3 is 0 Å². The summed E-state index contributed by atoms with van der Waals surface area (Å²) in [5.74, 6) is 1.41. The molecule has 0 saturated carbocycles. The molecule has 0 unspecified atom stereocenters. The van der Waals surface area contributed by atoms with Crippen LogP contribution in [0.25, 0.3) is 11.3 Å². The summed E-state index contributed by atoms with van der Waals surface area (Å²) in [7, 11) is -1.20. The summed E-state index contributed by atoms with van der Waals surface area (Å²) in [5.41, 5.74) is 11.3. The first-order chi connectivity index (χ1) is 15.7. The molecular formula is C26H33N3O3Si. The Morgan fingerprint density at radius 3 is 2.61 bits per heavy atom. The van der Waals surface area contributed by atoms with Gasteiger partial charge in [0.1, 0.15) is 18.2 Å². The Labute approximate surface area is 196 Å². The lowest BCUT2D eigenvalue weighted by Gasteiger charge is -2.19. The van der Waals surface area contributed by atoms with Crippen LogP contribution in [0.5, 0.6) is 11.5 Å². The summed E-state index contributed by atoms with van der Waals surface area (Å²) >= 11 is 0. The van der Waals surface area contributed by atoms with Crippen LogP contribution in [0.1, 0.15) is 21.6 Å². The Hall–Kier alpha value is -3.03. The smallest absolute Gasteiger partial charge is 0.253 e. The molecule has 0 bridgehead atoms. The van der Waals surface area contributed by atoms with Crippen molar-refractivity contribution in [3.63, 3.8) is 0 Å². The van der Waals surface area contributed by atoms with Gasteiger partial charge in [-0.05, 0) is 55.3 Å². The number of ether oxygens (including phenoxy) is 2. The van der Waals surface area contributed by atoms with Crippen LogP contribution in [0.2, 0.25) is 25.7 Å². The van der Waals surface area contributed by atoms with Crippen LogP contribution < -0.4 is 15.8 Å². The highest BCUT2D eigenvalue weighted by atomic mass is 28.3. The van der Waals surface area contributed by atoms with Crippen LogP contribution in [0.4, 0.5) is 5.69 Å². The predicted molar refractivity (Wildman–Crippen MR) is 136 cm³/mol. The van der Waals surface area contributed by atoms with Gasteiger partial charge in [0.2, 0.25) is 0 Å². The minimum absolute atomic E-state index is 0.0368. The predicted octanol–water partition coefficient (Wildman–Crippen LogP) is 5.44. The van der Waals surface area contributed by atoms with Crippen molar-refractivity contribution in [2.45, 2.75) is 45.8 Å². The zero-order valence-corrected chi connectivity index (χ0v) is 20.9. The molecule has 7 heteroatoms. The molecule has 0 aliphatic carbocycles. The number of benzene rings is 2. The number of hydrogen-bond donors (Lipinski definition) is 2. The summed E-state index contributed by atoms with van der Waals surface area (Å²) < 4.78 is 14.5. The van der Waals surface area contributed by atoms with E-state index < -0.39 is 8.07 Å². The van der Waals surface area contributed by atoms with Gasteiger partial charge in [-0.3, -0.25) is 4.79 Å². The molecule has 33 heavy (non-hydrogen) atoms. The molecule has 0 fully saturated rings. The van der Waals surface area contributed by atoms with Gasteiger partial charge in [-0.15, -0.1) is 0 Å². The largest absolute Gasteiger partial charge is 0.457 e. The number of anilines is 1. The van der Waals surface area contributed by atoms with Crippen LogP contribution in [-0.4, -0.2) is 31.7 Å². The molecule has 3 N–H and O–H groups in total. The molecule has 2 heterocycles. The number of nitrogens with one attached hydrogen (secondary N) is 1. The fourth-order valence-electron chi connectivity index (χ4n) is 4.18. The summed E-state index contributed by atoms with van der Waals surface area (Å²) in [6.07, 6.45) is 0.749. The molecule has 4 rings (SSSR count). The number of fused-ring (bicyclic) bond motifs is 1. The minimum atomic E-state index is -1.20.